The average Bonchev–Trinajstić information content (AvgIpc) is 2.93. The average molecular weight is 278 g/mol. The molecule has 1 aliphatic carbocycles. The number of aromatic nitrogens is 2. The van der Waals surface area contributed by atoms with E-state index in [9.17, 15) is 0 Å². The highest BCUT2D eigenvalue weighted by Crippen LogP contribution is 2.33. The molecular formula is C16H30N4. The van der Waals surface area contributed by atoms with E-state index < -0.39 is 0 Å². The van der Waals surface area contributed by atoms with Crippen molar-refractivity contribution >= 4 is 0 Å². The lowest BCUT2D eigenvalue weighted by Gasteiger charge is -2.33. The fourth-order valence-corrected chi connectivity index (χ4v) is 3.66. The van der Waals surface area contributed by atoms with Crippen molar-refractivity contribution in [3.8, 4) is 0 Å². The fourth-order valence-electron chi connectivity index (χ4n) is 3.66. The predicted octanol–water partition coefficient (Wildman–Crippen LogP) is 2.88. The third kappa shape index (κ3) is 3.83. The van der Waals surface area contributed by atoms with Gasteiger partial charge in [-0.1, -0.05) is 32.6 Å². The van der Waals surface area contributed by atoms with E-state index in [0.29, 0.717) is 12.0 Å². The summed E-state index contributed by atoms with van der Waals surface area (Å²) < 4.78 is 2.22. The first-order valence-electron chi connectivity index (χ1n) is 8.24. The van der Waals surface area contributed by atoms with Gasteiger partial charge in [-0.15, -0.1) is 0 Å². The zero-order chi connectivity index (χ0) is 14.4. The standard InChI is InChI=1S/C16H30N4/c1-3-5-13-6-8-14(9-7-13)15(19-17)12-16-18-10-11-20(16)4-2/h10-11,13-15,19H,3-9,12,17H2,1-2H3. The molecule has 1 aliphatic rings. The molecule has 4 heteroatoms. The van der Waals surface area contributed by atoms with Crippen LogP contribution in [0.4, 0.5) is 0 Å². The molecule has 0 spiro atoms. The second-order valence-corrected chi connectivity index (χ2v) is 6.18. The van der Waals surface area contributed by atoms with E-state index >= 15 is 0 Å². The second kappa shape index (κ2) is 7.79. The summed E-state index contributed by atoms with van der Waals surface area (Å²) in [6.07, 6.45) is 13.0. The number of nitrogens with two attached hydrogens (primary N) is 1. The molecule has 4 nitrogen and oxygen atoms in total. The topological polar surface area (TPSA) is 55.9 Å². The van der Waals surface area contributed by atoms with Gasteiger partial charge in [0.2, 0.25) is 0 Å². The van der Waals surface area contributed by atoms with E-state index in [2.05, 4.69) is 35.0 Å². The predicted molar refractivity (Wildman–Crippen MR) is 83.1 cm³/mol. The van der Waals surface area contributed by atoms with Crippen molar-refractivity contribution in [1.82, 2.24) is 15.0 Å². The van der Waals surface area contributed by atoms with Crippen LogP contribution in [-0.2, 0) is 13.0 Å². The molecule has 0 amide bonds. The van der Waals surface area contributed by atoms with Gasteiger partial charge in [0.1, 0.15) is 5.82 Å². The fraction of sp³-hybridized carbons (Fsp3) is 0.812. The highest BCUT2D eigenvalue weighted by atomic mass is 15.2. The molecule has 20 heavy (non-hydrogen) atoms. The summed E-state index contributed by atoms with van der Waals surface area (Å²) in [6, 6.07) is 0.366. The van der Waals surface area contributed by atoms with Crippen molar-refractivity contribution < 1.29 is 0 Å². The van der Waals surface area contributed by atoms with Crippen molar-refractivity contribution in [3.05, 3.63) is 18.2 Å². The lowest BCUT2D eigenvalue weighted by Crippen LogP contribution is -2.44. The largest absolute Gasteiger partial charge is 0.335 e. The minimum atomic E-state index is 0.366. The number of imidazole rings is 1. The van der Waals surface area contributed by atoms with Crippen molar-refractivity contribution in [2.45, 2.75) is 71.4 Å². The van der Waals surface area contributed by atoms with Crippen LogP contribution >= 0.6 is 0 Å². The summed E-state index contributed by atoms with van der Waals surface area (Å²) >= 11 is 0. The van der Waals surface area contributed by atoms with Gasteiger partial charge in [-0.05, 0) is 31.6 Å². The summed E-state index contributed by atoms with van der Waals surface area (Å²) in [4.78, 5) is 4.48. The van der Waals surface area contributed by atoms with Crippen LogP contribution in [0.25, 0.3) is 0 Å². The molecule has 0 saturated heterocycles. The van der Waals surface area contributed by atoms with Crippen molar-refractivity contribution in [2.24, 2.45) is 17.7 Å². The van der Waals surface area contributed by atoms with Gasteiger partial charge in [0.05, 0.1) is 0 Å². The number of hydrazine groups is 1. The summed E-state index contributed by atoms with van der Waals surface area (Å²) in [5.74, 6) is 8.63. The Morgan fingerprint density at radius 3 is 2.70 bits per heavy atom. The molecule has 1 saturated carbocycles. The Labute approximate surface area is 123 Å². The lowest BCUT2D eigenvalue weighted by molar-refractivity contribution is 0.211. The van der Waals surface area contributed by atoms with Gasteiger partial charge in [-0.2, -0.15) is 0 Å². The Morgan fingerprint density at radius 1 is 1.35 bits per heavy atom. The molecule has 114 valence electrons. The van der Waals surface area contributed by atoms with Crippen LogP contribution < -0.4 is 11.3 Å². The van der Waals surface area contributed by atoms with E-state index in [1.165, 1.54) is 38.5 Å². The molecule has 1 unspecified atom stereocenters. The molecule has 0 bridgehead atoms. The zero-order valence-corrected chi connectivity index (χ0v) is 13.0. The molecule has 1 fully saturated rings. The van der Waals surface area contributed by atoms with E-state index in [4.69, 9.17) is 5.84 Å². The van der Waals surface area contributed by atoms with Crippen molar-refractivity contribution in [1.29, 1.82) is 0 Å². The summed E-state index contributed by atoms with van der Waals surface area (Å²) in [6.45, 7) is 5.43. The normalized spacial score (nSPS) is 24.8. The molecule has 3 N–H and O–H groups in total. The smallest absolute Gasteiger partial charge is 0.110 e. The molecule has 2 rings (SSSR count). The molecule has 1 atom stereocenters. The molecular weight excluding hydrogens is 248 g/mol. The third-order valence-corrected chi connectivity index (χ3v) is 4.92. The molecule has 1 heterocycles. The molecule has 0 aromatic carbocycles. The van der Waals surface area contributed by atoms with Crippen LogP contribution in [-0.4, -0.2) is 15.6 Å². The van der Waals surface area contributed by atoms with Crippen LogP contribution in [0.2, 0.25) is 0 Å². The van der Waals surface area contributed by atoms with Gasteiger partial charge >= 0.3 is 0 Å². The zero-order valence-electron chi connectivity index (χ0n) is 13.0. The van der Waals surface area contributed by atoms with Crippen LogP contribution in [0.5, 0.6) is 0 Å². The first kappa shape index (κ1) is 15.5. The van der Waals surface area contributed by atoms with Gasteiger partial charge in [0.15, 0.2) is 0 Å². The molecule has 0 aliphatic heterocycles. The van der Waals surface area contributed by atoms with Crippen LogP contribution in [0, 0.1) is 11.8 Å². The van der Waals surface area contributed by atoms with Gasteiger partial charge in [0.25, 0.3) is 0 Å². The molecule has 0 radical (unpaired) electrons. The Hall–Kier alpha value is -0.870. The minimum absolute atomic E-state index is 0.366. The maximum absolute atomic E-state index is 5.82. The monoisotopic (exact) mass is 278 g/mol. The Bertz CT molecular complexity index is 380. The van der Waals surface area contributed by atoms with Crippen LogP contribution in [0.15, 0.2) is 12.4 Å². The summed E-state index contributed by atoms with van der Waals surface area (Å²) in [5, 5.41) is 0. The van der Waals surface area contributed by atoms with Gasteiger partial charge < -0.3 is 4.57 Å². The van der Waals surface area contributed by atoms with E-state index in [0.717, 1.165) is 24.7 Å². The highest BCUT2D eigenvalue weighted by molar-refractivity contribution is 4.97. The first-order valence-corrected chi connectivity index (χ1v) is 8.24. The highest BCUT2D eigenvalue weighted by Gasteiger charge is 2.27. The summed E-state index contributed by atoms with van der Waals surface area (Å²) in [5.41, 5.74) is 3.05. The Balaban J connectivity index is 1.89. The maximum atomic E-state index is 5.82. The number of aryl methyl sites for hydroxylation is 1. The second-order valence-electron chi connectivity index (χ2n) is 6.18. The SMILES string of the molecule is CCCC1CCC(C(Cc2nccn2CC)NN)CC1. The summed E-state index contributed by atoms with van der Waals surface area (Å²) in [7, 11) is 0. The maximum Gasteiger partial charge on any atom is 0.110 e. The van der Waals surface area contributed by atoms with Crippen LogP contribution in [0.3, 0.4) is 0 Å². The Kier molecular flexibility index (Phi) is 6.05. The number of nitrogens with zero attached hydrogens (tertiary/aromatic N) is 2. The lowest BCUT2D eigenvalue weighted by atomic mass is 9.76. The van der Waals surface area contributed by atoms with Crippen molar-refractivity contribution in [2.75, 3.05) is 0 Å². The molecule has 1 aromatic rings. The third-order valence-electron chi connectivity index (χ3n) is 4.92. The number of hydrogen-bond donors (Lipinski definition) is 2. The van der Waals surface area contributed by atoms with E-state index in [-0.39, 0.29) is 0 Å². The van der Waals surface area contributed by atoms with Gasteiger partial charge in [-0.3, -0.25) is 11.3 Å². The Morgan fingerprint density at radius 2 is 2.10 bits per heavy atom. The quantitative estimate of drug-likeness (QED) is 0.595. The minimum Gasteiger partial charge on any atom is -0.335 e. The number of rotatable bonds is 7. The van der Waals surface area contributed by atoms with Crippen molar-refractivity contribution in [3.63, 3.8) is 0 Å². The number of hydrogen-bond acceptors (Lipinski definition) is 3. The van der Waals surface area contributed by atoms with E-state index in [1.54, 1.807) is 0 Å². The van der Waals surface area contributed by atoms with E-state index in [1.807, 2.05) is 6.20 Å². The first-order chi connectivity index (χ1) is 9.78. The molecule has 1 aromatic heterocycles. The van der Waals surface area contributed by atoms with Gasteiger partial charge in [-0.25, -0.2) is 4.98 Å². The van der Waals surface area contributed by atoms with Crippen LogP contribution in [0.1, 0.15) is 58.2 Å². The number of nitrogens with one attached hydrogen (secondary N) is 1. The van der Waals surface area contributed by atoms with Gasteiger partial charge in [0, 0.05) is 31.4 Å².